The first-order chi connectivity index (χ1) is 16.1. The molecule has 6 nitrogen and oxygen atoms in total. The molecule has 4 atom stereocenters. The van der Waals surface area contributed by atoms with Crippen molar-refractivity contribution in [2.75, 3.05) is 7.11 Å². The van der Waals surface area contributed by atoms with E-state index < -0.39 is 40.7 Å². The van der Waals surface area contributed by atoms with E-state index in [-0.39, 0.29) is 29.0 Å². The maximum absolute atomic E-state index is 13.3. The number of carboxylic acids is 1. The second kappa shape index (κ2) is 7.46. The van der Waals surface area contributed by atoms with Crippen LogP contribution in [0.15, 0.2) is 67.0 Å². The van der Waals surface area contributed by atoms with Gasteiger partial charge in [-0.1, -0.05) is 42.5 Å². The summed E-state index contributed by atoms with van der Waals surface area (Å²) in [5, 5.41) is 22.4. The third kappa shape index (κ3) is 2.93. The summed E-state index contributed by atoms with van der Waals surface area (Å²) in [4.78, 5) is 16.5. The van der Waals surface area contributed by atoms with Crippen LogP contribution in [0.3, 0.4) is 0 Å². The number of carboxylic acid groups (broad SMARTS) is 1. The van der Waals surface area contributed by atoms with Crippen molar-refractivity contribution < 1.29 is 37.7 Å². The first-order valence-electron chi connectivity index (χ1n) is 10.5. The van der Waals surface area contributed by atoms with Crippen LogP contribution >= 0.6 is 0 Å². The molecule has 1 aliphatic carbocycles. The number of rotatable bonds is 4. The van der Waals surface area contributed by atoms with Gasteiger partial charge < -0.3 is 19.7 Å². The summed E-state index contributed by atoms with van der Waals surface area (Å²) in [5.41, 5.74) is -3.49. The number of halogens is 3. The molecular formula is C25H20F3NO5. The summed E-state index contributed by atoms with van der Waals surface area (Å²) >= 11 is 0. The molecule has 2 N–H and O–H groups in total. The summed E-state index contributed by atoms with van der Waals surface area (Å²) < 4.78 is 51.6. The normalized spacial score (nSPS) is 27.6. The number of hydrogen-bond acceptors (Lipinski definition) is 5. The van der Waals surface area contributed by atoms with Crippen LogP contribution in [0.1, 0.15) is 34.6 Å². The predicted molar refractivity (Wildman–Crippen MR) is 113 cm³/mol. The number of fused-ring (bicyclic) bond motifs is 3. The number of ether oxygens (including phenoxy) is 2. The van der Waals surface area contributed by atoms with Crippen molar-refractivity contribution in [3.63, 3.8) is 0 Å². The lowest BCUT2D eigenvalue weighted by Gasteiger charge is -2.40. The van der Waals surface area contributed by atoms with Gasteiger partial charge in [0.25, 0.3) is 0 Å². The molecule has 2 heterocycles. The number of carbonyl (C=O) groups is 1. The number of pyridine rings is 1. The average Bonchev–Trinajstić information content (AvgIpc) is 3.23. The van der Waals surface area contributed by atoms with E-state index in [1.165, 1.54) is 31.6 Å². The first kappa shape index (κ1) is 22.2. The average molecular weight is 471 g/mol. The molecule has 2 aromatic carbocycles. The molecule has 1 aliphatic heterocycles. The highest BCUT2D eigenvalue weighted by molar-refractivity contribution is 5.75. The fraction of sp³-hybridized carbons (Fsp3) is 0.280. The summed E-state index contributed by atoms with van der Waals surface area (Å²) in [5.74, 6) is -2.79. The molecule has 176 valence electrons. The minimum atomic E-state index is -4.56. The van der Waals surface area contributed by atoms with Crippen molar-refractivity contribution in [1.82, 2.24) is 4.98 Å². The number of aromatic nitrogens is 1. The van der Waals surface area contributed by atoms with Crippen LogP contribution in [0, 0.1) is 5.92 Å². The number of aliphatic hydroxyl groups is 1. The number of hydrogen-bond donors (Lipinski definition) is 2. The van der Waals surface area contributed by atoms with Gasteiger partial charge in [0.2, 0.25) is 0 Å². The Kier molecular flexibility index (Phi) is 4.87. The van der Waals surface area contributed by atoms with Crippen molar-refractivity contribution >= 4 is 5.97 Å². The monoisotopic (exact) mass is 471 g/mol. The van der Waals surface area contributed by atoms with Crippen molar-refractivity contribution in [2.24, 2.45) is 5.92 Å². The van der Waals surface area contributed by atoms with Gasteiger partial charge in [-0.2, -0.15) is 13.2 Å². The molecule has 3 aromatic rings. The van der Waals surface area contributed by atoms with Gasteiger partial charge in [0.15, 0.2) is 5.60 Å². The Hall–Kier alpha value is -3.59. The van der Waals surface area contributed by atoms with Crippen LogP contribution in [-0.4, -0.2) is 28.3 Å². The second-order valence-electron chi connectivity index (χ2n) is 8.53. The number of methoxy groups -OCH3 is 1. The SMILES string of the molecule is COc1cncc2c1[C@]1(O)C[C@H](C(=O)O)[C@@H](c3ccccc3)[C@]1(c1ccc(C(F)(F)F)cc1)O2. The Labute approximate surface area is 192 Å². The van der Waals surface area contributed by atoms with Gasteiger partial charge in [0, 0.05) is 5.92 Å². The van der Waals surface area contributed by atoms with E-state index in [9.17, 15) is 28.2 Å². The standard InChI is InChI=1S/C25H20F3NO5/c1-33-18-12-29-13-19-21(18)23(32)11-17(22(30)31)20(14-5-3-2-4-6-14)24(23,34-19)15-7-9-16(10-8-15)25(26,27)28/h2-10,12-13,17,20,32H,11H2,1H3,(H,30,31)/t17-,20+,23+,24-/m0/s1. The highest BCUT2D eigenvalue weighted by atomic mass is 19.4. The van der Waals surface area contributed by atoms with Crippen LogP contribution < -0.4 is 9.47 Å². The summed E-state index contributed by atoms with van der Waals surface area (Å²) in [6.07, 6.45) is -2.03. The molecule has 9 heteroatoms. The zero-order valence-corrected chi connectivity index (χ0v) is 17.9. The number of alkyl halides is 3. The molecule has 5 rings (SSSR count). The lowest BCUT2D eigenvalue weighted by molar-refractivity contribution is -0.143. The fourth-order valence-corrected chi connectivity index (χ4v) is 5.54. The molecule has 0 bridgehead atoms. The fourth-order valence-electron chi connectivity index (χ4n) is 5.54. The quantitative estimate of drug-likeness (QED) is 0.584. The van der Waals surface area contributed by atoms with Crippen molar-refractivity contribution in [3.8, 4) is 11.5 Å². The number of nitrogens with zero attached hydrogens (tertiary/aromatic N) is 1. The first-order valence-corrected chi connectivity index (χ1v) is 10.5. The Balaban J connectivity index is 1.81. The number of aliphatic carboxylic acids is 1. The summed E-state index contributed by atoms with van der Waals surface area (Å²) in [7, 11) is 1.39. The molecule has 0 unspecified atom stereocenters. The van der Waals surface area contributed by atoms with Gasteiger partial charge in [-0.3, -0.25) is 9.78 Å². The molecule has 0 spiro atoms. The molecule has 2 aliphatic rings. The number of benzene rings is 2. The van der Waals surface area contributed by atoms with E-state index in [2.05, 4.69) is 4.98 Å². The van der Waals surface area contributed by atoms with Crippen molar-refractivity contribution in [1.29, 1.82) is 0 Å². The van der Waals surface area contributed by atoms with Crippen molar-refractivity contribution in [2.45, 2.75) is 29.7 Å². The van der Waals surface area contributed by atoms with E-state index in [4.69, 9.17) is 9.47 Å². The Bertz CT molecular complexity index is 1250. The lowest BCUT2D eigenvalue weighted by Crippen LogP contribution is -2.48. The van der Waals surface area contributed by atoms with Crippen LogP contribution in [0.4, 0.5) is 13.2 Å². The van der Waals surface area contributed by atoms with Crippen LogP contribution in [0.5, 0.6) is 11.5 Å². The largest absolute Gasteiger partial charge is 0.495 e. The maximum Gasteiger partial charge on any atom is 0.416 e. The van der Waals surface area contributed by atoms with Crippen LogP contribution in [-0.2, 0) is 22.2 Å². The van der Waals surface area contributed by atoms with Gasteiger partial charge in [-0.05, 0) is 29.7 Å². The van der Waals surface area contributed by atoms with Crippen LogP contribution in [0.25, 0.3) is 0 Å². The zero-order chi connectivity index (χ0) is 24.3. The third-order valence-electron chi connectivity index (χ3n) is 6.87. The van der Waals surface area contributed by atoms with E-state index in [0.29, 0.717) is 5.56 Å². The van der Waals surface area contributed by atoms with E-state index in [1.54, 1.807) is 30.3 Å². The highest BCUT2D eigenvalue weighted by Gasteiger charge is 2.73. The highest BCUT2D eigenvalue weighted by Crippen LogP contribution is 2.69. The van der Waals surface area contributed by atoms with E-state index >= 15 is 0 Å². The molecule has 1 aromatic heterocycles. The minimum absolute atomic E-state index is 0.187. The maximum atomic E-state index is 13.3. The molecule has 0 saturated heterocycles. The molecule has 1 saturated carbocycles. The van der Waals surface area contributed by atoms with Gasteiger partial charge >= 0.3 is 12.1 Å². The lowest BCUT2D eigenvalue weighted by atomic mass is 9.70. The predicted octanol–water partition coefficient (Wildman–Crippen LogP) is 4.47. The van der Waals surface area contributed by atoms with Crippen molar-refractivity contribution in [3.05, 3.63) is 89.2 Å². The smallest absolute Gasteiger partial charge is 0.416 e. The Morgan fingerprint density at radius 2 is 1.79 bits per heavy atom. The third-order valence-corrected chi connectivity index (χ3v) is 6.87. The van der Waals surface area contributed by atoms with Crippen LogP contribution in [0.2, 0.25) is 0 Å². The molecule has 1 fully saturated rings. The Morgan fingerprint density at radius 1 is 1.12 bits per heavy atom. The second-order valence-corrected chi connectivity index (χ2v) is 8.53. The van der Waals surface area contributed by atoms with E-state index in [1.807, 2.05) is 0 Å². The van der Waals surface area contributed by atoms with Gasteiger partial charge in [0.1, 0.15) is 17.1 Å². The molecule has 0 amide bonds. The van der Waals surface area contributed by atoms with Gasteiger partial charge in [-0.15, -0.1) is 0 Å². The Morgan fingerprint density at radius 3 is 2.38 bits per heavy atom. The molecule has 34 heavy (non-hydrogen) atoms. The van der Waals surface area contributed by atoms with Gasteiger partial charge in [-0.25, -0.2) is 0 Å². The van der Waals surface area contributed by atoms with Gasteiger partial charge in [0.05, 0.1) is 36.5 Å². The summed E-state index contributed by atoms with van der Waals surface area (Å²) in [6.45, 7) is 0. The summed E-state index contributed by atoms with van der Waals surface area (Å²) in [6, 6.07) is 13.0. The topological polar surface area (TPSA) is 88.9 Å². The van der Waals surface area contributed by atoms with E-state index in [0.717, 1.165) is 12.1 Å². The zero-order valence-electron chi connectivity index (χ0n) is 17.9. The molecule has 0 radical (unpaired) electrons. The molecular weight excluding hydrogens is 451 g/mol. The minimum Gasteiger partial charge on any atom is -0.495 e.